The van der Waals surface area contributed by atoms with Crippen molar-refractivity contribution in [3.8, 4) is 0 Å². The third-order valence-electron chi connectivity index (χ3n) is 7.23. The summed E-state index contributed by atoms with van der Waals surface area (Å²) in [6, 6.07) is -0.671. The highest BCUT2D eigenvalue weighted by Gasteiger charge is 2.34. The fourth-order valence-electron chi connectivity index (χ4n) is 5.06. The van der Waals surface area contributed by atoms with Crippen molar-refractivity contribution in [3.05, 3.63) is 0 Å². The van der Waals surface area contributed by atoms with Gasteiger partial charge in [0.15, 0.2) is 5.78 Å². The SMILES string of the molecule is CCCCCCCC[C@@H]1CCC[C@@H](C(=O)C[C@H](C(=O)N[C@@H](CCN)C(=O)C(C)C)[C@H](C)O)C1. The molecule has 5 atom stereocenters. The average Bonchev–Trinajstić information content (AvgIpc) is 2.78. The highest BCUT2D eigenvalue weighted by molar-refractivity contribution is 5.93. The Morgan fingerprint density at radius 2 is 1.70 bits per heavy atom. The first-order valence-electron chi connectivity index (χ1n) is 13.5. The van der Waals surface area contributed by atoms with Crippen LogP contribution in [0.5, 0.6) is 0 Å². The van der Waals surface area contributed by atoms with Crippen molar-refractivity contribution in [2.45, 2.75) is 123 Å². The second-order valence-electron chi connectivity index (χ2n) is 10.5. The number of carbonyl (C=O) groups is 3. The molecule has 0 radical (unpaired) electrons. The molecule has 0 saturated heterocycles. The highest BCUT2D eigenvalue weighted by atomic mass is 16.3. The predicted molar refractivity (Wildman–Crippen MR) is 134 cm³/mol. The molecule has 1 saturated carbocycles. The van der Waals surface area contributed by atoms with Crippen LogP contribution in [0.3, 0.4) is 0 Å². The number of hydrogen-bond acceptors (Lipinski definition) is 5. The minimum absolute atomic E-state index is 0.0185. The molecule has 0 aromatic rings. The zero-order valence-corrected chi connectivity index (χ0v) is 21.6. The van der Waals surface area contributed by atoms with Crippen LogP contribution < -0.4 is 11.1 Å². The van der Waals surface area contributed by atoms with Gasteiger partial charge in [0.2, 0.25) is 5.91 Å². The molecule has 6 nitrogen and oxygen atoms in total. The van der Waals surface area contributed by atoms with Gasteiger partial charge in [0.25, 0.3) is 0 Å². The van der Waals surface area contributed by atoms with Crippen LogP contribution in [-0.2, 0) is 14.4 Å². The zero-order valence-electron chi connectivity index (χ0n) is 21.6. The molecular weight excluding hydrogens is 416 g/mol. The van der Waals surface area contributed by atoms with Gasteiger partial charge in [-0.05, 0) is 38.6 Å². The fraction of sp³-hybridized carbons (Fsp3) is 0.889. The minimum Gasteiger partial charge on any atom is -0.393 e. The number of nitrogens with two attached hydrogens (primary N) is 1. The number of carbonyl (C=O) groups excluding carboxylic acids is 3. The highest BCUT2D eigenvalue weighted by Crippen LogP contribution is 2.34. The summed E-state index contributed by atoms with van der Waals surface area (Å²) in [4.78, 5) is 38.4. The summed E-state index contributed by atoms with van der Waals surface area (Å²) in [6.07, 6.45) is 12.4. The van der Waals surface area contributed by atoms with Gasteiger partial charge in [0, 0.05) is 18.3 Å². The van der Waals surface area contributed by atoms with Gasteiger partial charge in [0.1, 0.15) is 5.78 Å². The van der Waals surface area contributed by atoms with E-state index in [0.717, 1.165) is 19.3 Å². The molecule has 0 heterocycles. The molecule has 1 rings (SSSR count). The molecule has 1 aliphatic carbocycles. The summed E-state index contributed by atoms with van der Waals surface area (Å²) in [6.45, 7) is 7.64. The van der Waals surface area contributed by atoms with Gasteiger partial charge in [-0.2, -0.15) is 0 Å². The predicted octanol–water partition coefficient (Wildman–Crippen LogP) is 4.56. The van der Waals surface area contributed by atoms with Gasteiger partial charge in [-0.1, -0.05) is 78.6 Å². The second-order valence-corrected chi connectivity index (χ2v) is 10.5. The fourth-order valence-corrected chi connectivity index (χ4v) is 5.06. The number of aliphatic hydroxyl groups is 1. The first kappa shape index (κ1) is 29.8. The van der Waals surface area contributed by atoms with Gasteiger partial charge in [0.05, 0.1) is 18.1 Å². The van der Waals surface area contributed by atoms with E-state index in [1.807, 2.05) is 0 Å². The Kier molecular flexibility index (Phi) is 14.8. The largest absolute Gasteiger partial charge is 0.393 e. The van der Waals surface area contributed by atoms with E-state index in [-0.39, 0.29) is 36.4 Å². The molecule has 4 N–H and O–H groups in total. The summed E-state index contributed by atoms with van der Waals surface area (Å²) in [5, 5.41) is 13.0. The maximum Gasteiger partial charge on any atom is 0.226 e. The van der Waals surface area contributed by atoms with Gasteiger partial charge in [-0.25, -0.2) is 0 Å². The Labute approximate surface area is 201 Å². The van der Waals surface area contributed by atoms with E-state index >= 15 is 0 Å². The molecular formula is C27H50N2O4. The average molecular weight is 467 g/mol. The molecule has 0 bridgehead atoms. The summed E-state index contributed by atoms with van der Waals surface area (Å²) < 4.78 is 0. The van der Waals surface area contributed by atoms with E-state index in [1.165, 1.54) is 51.4 Å². The van der Waals surface area contributed by atoms with E-state index in [0.29, 0.717) is 12.3 Å². The molecule has 192 valence electrons. The third kappa shape index (κ3) is 11.1. The number of amides is 1. The standard InChI is InChI=1S/C27H50N2O4/c1-5-6-7-8-9-10-12-21-13-11-14-22(17-21)25(31)18-23(20(4)30)27(33)29-24(15-16-28)26(32)19(2)3/h19-24,30H,5-18,28H2,1-4H3,(H,29,33)/t20-,21+,22+,23-,24-/m0/s1. The number of aliphatic hydroxyl groups excluding tert-OH is 1. The Hall–Kier alpha value is -1.27. The smallest absolute Gasteiger partial charge is 0.226 e. The normalized spacial score (nSPS) is 21.4. The number of rotatable bonds is 17. The van der Waals surface area contributed by atoms with E-state index < -0.39 is 24.0 Å². The van der Waals surface area contributed by atoms with Crippen LogP contribution in [0, 0.1) is 23.7 Å². The van der Waals surface area contributed by atoms with Crippen LogP contribution in [0.4, 0.5) is 0 Å². The van der Waals surface area contributed by atoms with Crippen molar-refractivity contribution in [3.63, 3.8) is 0 Å². The lowest BCUT2D eigenvalue weighted by Gasteiger charge is -2.30. The van der Waals surface area contributed by atoms with Crippen molar-refractivity contribution >= 4 is 17.5 Å². The monoisotopic (exact) mass is 466 g/mol. The van der Waals surface area contributed by atoms with E-state index in [4.69, 9.17) is 5.73 Å². The first-order valence-corrected chi connectivity index (χ1v) is 13.5. The van der Waals surface area contributed by atoms with Gasteiger partial charge >= 0.3 is 0 Å². The van der Waals surface area contributed by atoms with E-state index in [1.54, 1.807) is 20.8 Å². The lowest BCUT2D eigenvalue weighted by atomic mass is 9.75. The lowest BCUT2D eigenvalue weighted by molar-refractivity contribution is -0.137. The summed E-state index contributed by atoms with van der Waals surface area (Å²) >= 11 is 0. The van der Waals surface area contributed by atoms with E-state index in [9.17, 15) is 19.5 Å². The molecule has 6 heteroatoms. The van der Waals surface area contributed by atoms with Crippen molar-refractivity contribution < 1.29 is 19.5 Å². The van der Waals surface area contributed by atoms with Crippen molar-refractivity contribution in [2.24, 2.45) is 29.4 Å². The second kappa shape index (κ2) is 16.4. The van der Waals surface area contributed by atoms with Crippen LogP contribution in [0.25, 0.3) is 0 Å². The van der Waals surface area contributed by atoms with Crippen LogP contribution in [0.15, 0.2) is 0 Å². The third-order valence-corrected chi connectivity index (χ3v) is 7.23. The lowest BCUT2D eigenvalue weighted by Crippen LogP contribution is -2.48. The molecule has 1 amide bonds. The Bertz CT molecular complexity index is 591. The Balaban J connectivity index is 2.61. The number of Topliss-reactive ketones (excluding diaryl/α,β-unsaturated/α-hetero) is 2. The summed E-state index contributed by atoms with van der Waals surface area (Å²) in [5.41, 5.74) is 5.63. The molecule has 0 unspecified atom stereocenters. The van der Waals surface area contributed by atoms with Crippen LogP contribution in [-0.4, -0.2) is 41.3 Å². The van der Waals surface area contributed by atoms with Gasteiger partial charge in [-0.15, -0.1) is 0 Å². The molecule has 1 fully saturated rings. The summed E-state index contributed by atoms with van der Waals surface area (Å²) in [7, 11) is 0. The number of nitrogens with one attached hydrogen (secondary N) is 1. The molecule has 0 spiro atoms. The quantitative estimate of drug-likeness (QED) is 0.272. The molecule has 0 aromatic carbocycles. The first-order chi connectivity index (χ1) is 15.7. The maximum absolute atomic E-state index is 13.1. The van der Waals surface area contributed by atoms with E-state index in [2.05, 4.69) is 12.2 Å². The minimum atomic E-state index is -0.955. The van der Waals surface area contributed by atoms with Crippen molar-refractivity contribution in [1.29, 1.82) is 0 Å². The van der Waals surface area contributed by atoms with Gasteiger partial charge < -0.3 is 16.2 Å². The number of unbranched alkanes of at least 4 members (excludes halogenated alkanes) is 5. The maximum atomic E-state index is 13.1. The summed E-state index contributed by atoms with van der Waals surface area (Å²) in [5.74, 6) is -0.907. The zero-order chi connectivity index (χ0) is 24.8. The molecule has 33 heavy (non-hydrogen) atoms. The van der Waals surface area contributed by atoms with Crippen molar-refractivity contribution in [1.82, 2.24) is 5.32 Å². The number of hydrogen-bond donors (Lipinski definition) is 3. The molecule has 1 aliphatic rings. The molecule has 0 aliphatic heterocycles. The number of ketones is 2. The van der Waals surface area contributed by atoms with Gasteiger partial charge in [-0.3, -0.25) is 14.4 Å². The topological polar surface area (TPSA) is 109 Å². The Morgan fingerprint density at radius 3 is 2.30 bits per heavy atom. The Morgan fingerprint density at radius 1 is 1.03 bits per heavy atom. The van der Waals surface area contributed by atoms with Crippen LogP contribution >= 0.6 is 0 Å². The van der Waals surface area contributed by atoms with Crippen molar-refractivity contribution in [2.75, 3.05) is 6.54 Å². The van der Waals surface area contributed by atoms with Crippen LogP contribution in [0.1, 0.15) is 111 Å². The van der Waals surface area contributed by atoms with Crippen LogP contribution in [0.2, 0.25) is 0 Å². The molecule has 0 aromatic heterocycles.